The van der Waals surface area contributed by atoms with Gasteiger partial charge in [-0.15, -0.1) is 11.8 Å². The molecule has 1 aromatic rings. The standard InChI is InChI=1S/C15H25NOS/c1-12-10-13(11-16-15(2,3)4)6-7-14(12)18-9-8-17-5/h6-7,10,16H,8-9,11H2,1-5H3. The Kier molecular flexibility index (Phi) is 6.19. The summed E-state index contributed by atoms with van der Waals surface area (Å²) in [7, 11) is 1.74. The molecule has 0 fully saturated rings. The van der Waals surface area contributed by atoms with E-state index in [1.807, 2.05) is 11.8 Å². The van der Waals surface area contributed by atoms with Crippen molar-refractivity contribution in [3.63, 3.8) is 0 Å². The summed E-state index contributed by atoms with van der Waals surface area (Å²) >= 11 is 1.86. The van der Waals surface area contributed by atoms with Crippen LogP contribution in [0.25, 0.3) is 0 Å². The fraction of sp³-hybridized carbons (Fsp3) is 0.600. The van der Waals surface area contributed by atoms with Crippen molar-refractivity contribution in [2.24, 2.45) is 0 Å². The number of aryl methyl sites for hydroxylation is 1. The third-order valence-corrected chi connectivity index (χ3v) is 3.75. The van der Waals surface area contributed by atoms with Crippen LogP contribution in [-0.4, -0.2) is 25.0 Å². The number of hydrogen-bond donors (Lipinski definition) is 1. The van der Waals surface area contributed by atoms with Gasteiger partial charge >= 0.3 is 0 Å². The first kappa shape index (κ1) is 15.5. The molecule has 0 amide bonds. The molecule has 0 unspecified atom stereocenters. The number of thioether (sulfide) groups is 1. The van der Waals surface area contributed by atoms with E-state index in [1.54, 1.807) is 7.11 Å². The van der Waals surface area contributed by atoms with Crippen molar-refractivity contribution >= 4 is 11.8 Å². The van der Waals surface area contributed by atoms with Crippen LogP contribution < -0.4 is 5.32 Å². The number of ether oxygens (including phenoxy) is 1. The molecular weight excluding hydrogens is 242 g/mol. The van der Waals surface area contributed by atoms with Crippen LogP contribution in [0.4, 0.5) is 0 Å². The average Bonchev–Trinajstić information content (AvgIpc) is 2.28. The maximum absolute atomic E-state index is 5.07. The van der Waals surface area contributed by atoms with Crippen LogP contribution in [-0.2, 0) is 11.3 Å². The minimum atomic E-state index is 0.166. The quantitative estimate of drug-likeness (QED) is 0.628. The molecule has 0 saturated carbocycles. The first-order valence-corrected chi connectivity index (χ1v) is 7.37. The fourth-order valence-electron chi connectivity index (χ4n) is 1.59. The van der Waals surface area contributed by atoms with Crippen LogP contribution in [0.15, 0.2) is 23.1 Å². The zero-order chi connectivity index (χ0) is 13.6. The summed E-state index contributed by atoms with van der Waals surface area (Å²) < 4.78 is 5.07. The van der Waals surface area contributed by atoms with Crippen molar-refractivity contribution in [2.75, 3.05) is 19.5 Å². The molecule has 0 aliphatic carbocycles. The summed E-state index contributed by atoms with van der Waals surface area (Å²) in [6, 6.07) is 6.70. The molecule has 0 heterocycles. The van der Waals surface area contributed by atoms with E-state index in [-0.39, 0.29) is 5.54 Å². The van der Waals surface area contributed by atoms with Crippen molar-refractivity contribution < 1.29 is 4.74 Å². The summed E-state index contributed by atoms with van der Waals surface area (Å²) in [6.07, 6.45) is 0. The van der Waals surface area contributed by atoms with E-state index in [1.165, 1.54) is 16.0 Å². The van der Waals surface area contributed by atoms with Gasteiger partial charge in [0, 0.05) is 29.8 Å². The normalized spacial score (nSPS) is 11.8. The number of hydrogen-bond acceptors (Lipinski definition) is 3. The van der Waals surface area contributed by atoms with Crippen LogP contribution in [0.1, 0.15) is 31.9 Å². The molecule has 102 valence electrons. The third kappa shape index (κ3) is 5.89. The number of benzene rings is 1. The van der Waals surface area contributed by atoms with E-state index in [2.05, 4.69) is 51.2 Å². The van der Waals surface area contributed by atoms with Gasteiger partial charge in [0.2, 0.25) is 0 Å². The highest BCUT2D eigenvalue weighted by molar-refractivity contribution is 7.99. The largest absolute Gasteiger partial charge is 0.384 e. The highest BCUT2D eigenvalue weighted by Crippen LogP contribution is 2.23. The van der Waals surface area contributed by atoms with Gasteiger partial charge in [-0.1, -0.05) is 12.1 Å². The van der Waals surface area contributed by atoms with E-state index in [4.69, 9.17) is 4.74 Å². The molecule has 1 rings (SSSR count). The Bertz CT molecular complexity index is 371. The van der Waals surface area contributed by atoms with E-state index in [0.29, 0.717) is 0 Å². The Labute approximate surface area is 116 Å². The van der Waals surface area contributed by atoms with Crippen LogP contribution in [0.3, 0.4) is 0 Å². The molecule has 0 saturated heterocycles. The molecule has 0 aliphatic rings. The fourth-order valence-corrected chi connectivity index (χ4v) is 2.51. The summed E-state index contributed by atoms with van der Waals surface area (Å²) in [4.78, 5) is 1.35. The molecule has 0 radical (unpaired) electrons. The molecule has 0 spiro atoms. The number of rotatable bonds is 6. The van der Waals surface area contributed by atoms with Crippen LogP contribution in [0.2, 0.25) is 0 Å². The summed E-state index contributed by atoms with van der Waals surface area (Å²) in [6.45, 7) is 10.5. The van der Waals surface area contributed by atoms with Crippen molar-refractivity contribution in [3.8, 4) is 0 Å². The Morgan fingerprint density at radius 2 is 2.00 bits per heavy atom. The molecular formula is C15H25NOS. The lowest BCUT2D eigenvalue weighted by Crippen LogP contribution is -2.35. The lowest BCUT2D eigenvalue weighted by atomic mass is 10.1. The van der Waals surface area contributed by atoms with Gasteiger partial charge in [-0.05, 0) is 44.9 Å². The van der Waals surface area contributed by atoms with Crippen molar-refractivity contribution in [1.29, 1.82) is 0 Å². The molecule has 1 N–H and O–H groups in total. The number of nitrogens with one attached hydrogen (secondary N) is 1. The van der Waals surface area contributed by atoms with Crippen molar-refractivity contribution in [3.05, 3.63) is 29.3 Å². The van der Waals surface area contributed by atoms with Gasteiger partial charge in [-0.2, -0.15) is 0 Å². The third-order valence-electron chi connectivity index (χ3n) is 2.61. The first-order valence-electron chi connectivity index (χ1n) is 6.38. The van der Waals surface area contributed by atoms with Gasteiger partial charge in [0.15, 0.2) is 0 Å². The van der Waals surface area contributed by atoms with Crippen LogP contribution in [0, 0.1) is 6.92 Å². The molecule has 0 bridgehead atoms. The maximum Gasteiger partial charge on any atom is 0.0556 e. The van der Waals surface area contributed by atoms with E-state index in [9.17, 15) is 0 Å². The van der Waals surface area contributed by atoms with E-state index >= 15 is 0 Å². The van der Waals surface area contributed by atoms with Gasteiger partial charge in [0.05, 0.1) is 6.61 Å². The predicted molar refractivity (Wildman–Crippen MR) is 80.4 cm³/mol. The minimum absolute atomic E-state index is 0.166. The van der Waals surface area contributed by atoms with Gasteiger partial charge in [-0.3, -0.25) is 0 Å². The second-order valence-electron chi connectivity index (χ2n) is 5.54. The Hall–Kier alpha value is -0.510. The van der Waals surface area contributed by atoms with Crippen LogP contribution >= 0.6 is 11.8 Å². The van der Waals surface area contributed by atoms with Crippen LogP contribution in [0.5, 0.6) is 0 Å². The highest BCUT2D eigenvalue weighted by atomic mass is 32.2. The second-order valence-corrected chi connectivity index (χ2v) is 6.68. The van der Waals surface area contributed by atoms with Gasteiger partial charge in [0.25, 0.3) is 0 Å². The van der Waals surface area contributed by atoms with Gasteiger partial charge in [0.1, 0.15) is 0 Å². The Balaban J connectivity index is 2.56. The van der Waals surface area contributed by atoms with Gasteiger partial charge in [-0.25, -0.2) is 0 Å². The lowest BCUT2D eigenvalue weighted by molar-refractivity contribution is 0.218. The molecule has 3 heteroatoms. The summed E-state index contributed by atoms with van der Waals surface area (Å²) in [5.74, 6) is 1.01. The lowest BCUT2D eigenvalue weighted by Gasteiger charge is -2.21. The zero-order valence-electron chi connectivity index (χ0n) is 12.2. The molecule has 0 aromatic heterocycles. The van der Waals surface area contributed by atoms with Crippen molar-refractivity contribution in [2.45, 2.75) is 44.7 Å². The predicted octanol–water partition coefficient (Wildman–Crippen LogP) is 3.62. The monoisotopic (exact) mass is 267 g/mol. The number of methoxy groups -OCH3 is 1. The highest BCUT2D eigenvalue weighted by Gasteiger charge is 2.08. The Morgan fingerprint density at radius 3 is 2.56 bits per heavy atom. The van der Waals surface area contributed by atoms with E-state index in [0.717, 1.165) is 18.9 Å². The minimum Gasteiger partial charge on any atom is -0.384 e. The first-order chi connectivity index (χ1) is 8.42. The summed E-state index contributed by atoms with van der Waals surface area (Å²) in [5.41, 5.74) is 2.86. The zero-order valence-corrected chi connectivity index (χ0v) is 13.0. The van der Waals surface area contributed by atoms with Gasteiger partial charge < -0.3 is 10.1 Å². The topological polar surface area (TPSA) is 21.3 Å². The molecule has 1 aromatic carbocycles. The smallest absolute Gasteiger partial charge is 0.0556 e. The molecule has 0 aliphatic heterocycles. The average molecular weight is 267 g/mol. The Morgan fingerprint density at radius 1 is 1.28 bits per heavy atom. The van der Waals surface area contributed by atoms with E-state index < -0.39 is 0 Å². The molecule has 18 heavy (non-hydrogen) atoms. The maximum atomic E-state index is 5.07. The molecule has 2 nitrogen and oxygen atoms in total. The van der Waals surface area contributed by atoms with Crippen molar-refractivity contribution in [1.82, 2.24) is 5.32 Å². The SMILES string of the molecule is COCCSc1ccc(CNC(C)(C)C)cc1C. The molecule has 0 atom stereocenters. The second kappa shape index (κ2) is 7.17. The summed E-state index contributed by atoms with van der Waals surface area (Å²) in [5, 5.41) is 3.51.